The first-order chi connectivity index (χ1) is 8.60. The summed E-state index contributed by atoms with van der Waals surface area (Å²) in [5.41, 5.74) is 2.10. The Morgan fingerprint density at radius 3 is 2.56 bits per heavy atom. The predicted octanol–water partition coefficient (Wildman–Crippen LogP) is 2.99. The molecule has 0 aliphatic carbocycles. The molecule has 0 radical (unpaired) electrons. The highest BCUT2D eigenvalue weighted by Gasteiger charge is 2.24. The fourth-order valence-corrected chi connectivity index (χ4v) is 1.82. The third-order valence-electron chi connectivity index (χ3n) is 3.09. The van der Waals surface area contributed by atoms with E-state index in [9.17, 15) is 4.79 Å². The zero-order valence-electron chi connectivity index (χ0n) is 11.7. The molecule has 1 N–H and O–H groups in total. The van der Waals surface area contributed by atoms with Crippen LogP contribution in [0.15, 0.2) is 24.3 Å². The monoisotopic (exact) mass is 249 g/mol. The minimum atomic E-state index is -0.374. The number of aryl methyl sites for hydroxylation is 1. The number of rotatable bonds is 6. The largest absolute Gasteiger partial charge is 0.465 e. The van der Waals surface area contributed by atoms with Gasteiger partial charge in [0, 0.05) is 6.04 Å². The number of carbonyl (C=O) groups is 1. The first kappa shape index (κ1) is 14.7. The number of ether oxygens (including phenoxy) is 1. The SMILES string of the molecule is CCOC(=O)C(NC(C)CC)c1ccccc1C. The first-order valence-corrected chi connectivity index (χ1v) is 6.58. The van der Waals surface area contributed by atoms with Crippen LogP contribution < -0.4 is 5.32 Å². The first-order valence-electron chi connectivity index (χ1n) is 6.58. The Morgan fingerprint density at radius 2 is 2.00 bits per heavy atom. The van der Waals surface area contributed by atoms with Crippen LogP contribution in [0.4, 0.5) is 0 Å². The molecule has 1 aromatic rings. The lowest BCUT2D eigenvalue weighted by Gasteiger charge is -2.22. The van der Waals surface area contributed by atoms with Gasteiger partial charge in [-0.05, 0) is 38.3 Å². The Kier molecular flexibility index (Phi) is 5.86. The lowest BCUT2D eigenvalue weighted by Crippen LogP contribution is -2.36. The Bertz CT molecular complexity index is 390. The zero-order valence-corrected chi connectivity index (χ0v) is 11.7. The Morgan fingerprint density at radius 1 is 1.33 bits per heavy atom. The third-order valence-corrected chi connectivity index (χ3v) is 3.09. The Balaban J connectivity index is 2.96. The van der Waals surface area contributed by atoms with Gasteiger partial charge in [-0.2, -0.15) is 0 Å². The average Bonchev–Trinajstić information content (AvgIpc) is 2.37. The Hall–Kier alpha value is -1.35. The maximum Gasteiger partial charge on any atom is 0.327 e. The van der Waals surface area contributed by atoms with E-state index < -0.39 is 0 Å². The molecule has 0 fully saturated rings. The number of carbonyl (C=O) groups excluding carboxylic acids is 1. The van der Waals surface area contributed by atoms with Gasteiger partial charge in [-0.15, -0.1) is 0 Å². The lowest BCUT2D eigenvalue weighted by atomic mass is 10.0. The predicted molar refractivity (Wildman–Crippen MR) is 73.4 cm³/mol. The summed E-state index contributed by atoms with van der Waals surface area (Å²) < 4.78 is 5.16. The van der Waals surface area contributed by atoms with E-state index in [2.05, 4.69) is 19.2 Å². The van der Waals surface area contributed by atoms with Crippen molar-refractivity contribution < 1.29 is 9.53 Å². The van der Waals surface area contributed by atoms with Gasteiger partial charge >= 0.3 is 5.97 Å². The highest BCUT2D eigenvalue weighted by Crippen LogP contribution is 2.20. The van der Waals surface area contributed by atoms with Crippen molar-refractivity contribution in [3.63, 3.8) is 0 Å². The molecule has 0 saturated heterocycles. The molecule has 100 valence electrons. The van der Waals surface area contributed by atoms with Gasteiger partial charge in [0.2, 0.25) is 0 Å². The van der Waals surface area contributed by atoms with Crippen LogP contribution in [0.3, 0.4) is 0 Å². The molecular formula is C15H23NO2. The molecule has 0 heterocycles. The van der Waals surface area contributed by atoms with Crippen molar-refractivity contribution >= 4 is 5.97 Å². The normalized spacial score (nSPS) is 14.0. The van der Waals surface area contributed by atoms with Crippen LogP contribution in [0.25, 0.3) is 0 Å². The molecule has 18 heavy (non-hydrogen) atoms. The maximum absolute atomic E-state index is 12.1. The van der Waals surface area contributed by atoms with E-state index in [1.165, 1.54) is 0 Å². The van der Waals surface area contributed by atoms with Crippen molar-refractivity contribution in [1.29, 1.82) is 0 Å². The summed E-state index contributed by atoms with van der Waals surface area (Å²) >= 11 is 0. The summed E-state index contributed by atoms with van der Waals surface area (Å²) in [7, 11) is 0. The molecule has 0 saturated carbocycles. The fraction of sp³-hybridized carbons (Fsp3) is 0.533. The highest BCUT2D eigenvalue weighted by molar-refractivity contribution is 5.78. The molecular weight excluding hydrogens is 226 g/mol. The molecule has 0 spiro atoms. The quantitative estimate of drug-likeness (QED) is 0.788. The van der Waals surface area contributed by atoms with E-state index in [1.54, 1.807) is 0 Å². The van der Waals surface area contributed by atoms with Crippen molar-refractivity contribution in [3.05, 3.63) is 35.4 Å². The number of hydrogen-bond donors (Lipinski definition) is 1. The Labute approximate surface area is 110 Å². The molecule has 1 aromatic carbocycles. The molecule has 2 unspecified atom stereocenters. The molecule has 3 heteroatoms. The molecule has 2 atom stereocenters. The van der Waals surface area contributed by atoms with Crippen LogP contribution in [-0.2, 0) is 9.53 Å². The number of esters is 1. The van der Waals surface area contributed by atoms with Crippen molar-refractivity contribution in [3.8, 4) is 0 Å². The number of hydrogen-bond acceptors (Lipinski definition) is 3. The van der Waals surface area contributed by atoms with Gasteiger partial charge in [-0.1, -0.05) is 31.2 Å². The van der Waals surface area contributed by atoms with Gasteiger partial charge in [0.05, 0.1) is 6.61 Å². The van der Waals surface area contributed by atoms with Crippen molar-refractivity contribution in [2.45, 2.75) is 46.2 Å². The topological polar surface area (TPSA) is 38.3 Å². The third kappa shape index (κ3) is 3.84. The van der Waals surface area contributed by atoms with E-state index in [4.69, 9.17) is 4.74 Å². The van der Waals surface area contributed by atoms with Crippen LogP contribution in [0.1, 0.15) is 44.4 Å². The number of benzene rings is 1. The molecule has 1 rings (SSSR count). The maximum atomic E-state index is 12.1. The second-order valence-corrected chi connectivity index (χ2v) is 4.52. The van der Waals surface area contributed by atoms with Gasteiger partial charge in [0.25, 0.3) is 0 Å². The summed E-state index contributed by atoms with van der Waals surface area (Å²) in [5.74, 6) is -0.202. The molecule has 0 bridgehead atoms. The van der Waals surface area contributed by atoms with Crippen molar-refractivity contribution in [2.75, 3.05) is 6.61 Å². The van der Waals surface area contributed by atoms with Gasteiger partial charge in [0.15, 0.2) is 0 Å². The smallest absolute Gasteiger partial charge is 0.327 e. The molecule has 0 aromatic heterocycles. The summed E-state index contributed by atoms with van der Waals surface area (Å²) in [6.07, 6.45) is 0.974. The zero-order chi connectivity index (χ0) is 13.5. The van der Waals surface area contributed by atoms with Gasteiger partial charge in [0.1, 0.15) is 6.04 Å². The molecule has 3 nitrogen and oxygen atoms in total. The fourth-order valence-electron chi connectivity index (χ4n) is 1.82. The molecule has 0 amide bonds. The van der Waals surface area contributed by atoms with Crippen LogP contribution in [-0.4, -0.2) is 18.6 Å². The second kappa shape index (κ2) is 7.17. The van der Waals surface area contributed by atoms with Crippen LogP contribution in [0.5, 0.6) is 0 Å². The standard InChI is InChI=1S/C15H23NO2/c1-5-12(4)16-14(15(17)18-6-2)13-10-8-7-9-11(13)3/h7-10,12,14,16H,5-6H2,1-4H3. The van der Waals surface area contributed by atoms with E-state index in [-0.39, 0.29) is 18.1 Å². The van der Waals surface area contributed by atoms with Crippen LogP contribution in [0, 0.1) is 6.92 Å². The molecule has 0 aliphatic rings. The van der Waals surface area contributed by atoms with E-state index >= 15 is 0 Å². The summed E-state index contributed by atoms with van der Waals surface area (Å²) in [5, 5.41) is 3.33. The van der Waals surface area contributed by atoms with Crippen LogP contribution >= 0.6 is 0 Å². The van der Waals surface area contributed by atoms with Crippen LogP contribution in [0.2, 0.25) is 0 Å². The van der Waals surface area contributed by atoms with E-state index in [0.717, 1.165) is 17.5 Å². The van der Waals surface area contributed by atoms with Gasteiger partial charge < -0.3 is 4.74 Å². The minimum Gasteiger partial charge on any atom is -0.465 e. The van der Waals surface area contributed by atoms with Crippen molar-refractivity contribution in [2.24, 2.45) is 0 Å². The highest BCUT2D eigenvalue weighted by atomic mass is 16.5. The summed E-state index contributed by atoms with van der Waals surface area (Å²) in [6.45, 7) is 8.42. The van der Waals surface area contributed by atoms with E-state index in [0.29, 0.717) is 6.61 Å². The van der Waals surface area contributed by atoms with Crippen molar-refractivity contribution in [1.82, 2.24) is 5.32 Å². The average molecular weight is 249 g/mol. The summed E-state index contributed by atoms with van der Waals surface area (Å²) in [6, 6.07) is 7.82. The molecule has 0 aliphatic heterocycles. The van der Waals surface area contributed by atoms with E-state index in [1.807, 2.05) is 38.1 Å². The van der Waals surface area contributed by atoms with Gasteiger partial charge in [-0.3, -0.25) is 5.32 Å². The second-order valence-electron chi connectivity index (χ2n) is 4.52. The minimum absolute atomic E-state index is 0.202. The lowest BCUT2D eigenvalue weighted by molar-refractivity contribution is -0.146. The summed E-state index contributed by atoms with van der Waals surface area (Å²) in [4.78, 5) is 12.1. The van der Waals surface area contributed by atoms with Gasteiger partial charge in [-0.25, -0.2) is 4.79 Å². The number of nitrogens with one attached hydrogen (secondary N) is 1.